The van der Waals surface area contributed by atoms with Gasteiger partial charge in [0.15, 0.2) is 5.78 Å². The van der Waals surface area contributed by atoms with Crippen LogP contribution in [-0.2, 0) is 61.9 Å². The normalized spacial score (nSPS) is 37.5. The monoisotopic (exact) mass is 1080 g/mol. The third-order valence-electron chi connectivity index (χ3n) is 15.2. The Morgan fingerprint density at radius 2 is 1.61 bits per heavy atom. The Labute approximate surface area is 436 Å². The van der Waals surface area contributed by atoms with Crippen molar-refractivity contribution in [1.29, 1.82) is 0 Å². The molecular formula is C55H84BrNO15. The second-order valence-corrected chi connectivity index (χ2v) is 21.3. The highest BCUT2D eigenvalue weighted by Gasteiger charge is 2.53. The number of ketones is 3. The number of carbonyl (C=O) groups is 6. The average molecular weight is 1080 g/mol. The van der Waals surface area contributed by atoms with Crippen molar-refractivity contribution >= 4 is 51.1 Å². The predicted molar refractivity (Wildman–Crippen MR) is 274 cm³/mol. The minimum Gasteiger partial charge on any atom is -0.463 e. The first-order chi connectivity index (χ1) is 34.2. The summed E-state index contributed by atoms with van der Waals surface area (Å²) >= 11 is 3.08. The van der Waals surface area contributed by atoms with Crippen LogP contribution in [-0.4, -0.2) is 151 Å². The maximum Gasteiger partial charge on any atom is 0.329 e. The minimum atomic E-state index is -2.45. The van der Waals surface area contributed by atoms with Gasteiger partial charge in [0, 0.05) is 58.5 Å². The van der Waals surface area contributed by atoms with E-state index in [1.54, 1.807) is 41.1 Å². The van der Waals surface area contributed by atoms with Gasteiger partial charge in [-0.2, -0.15) is 0 Å². The average Bonchev–Trinajstić information content (AvgIpc) is 3.36. The molecule has 0 aromatic carbocycles. The van der Waals surface area contributed by atoms with Crippen LogP contribution in [0.15, 0.2) is 47.6 Å². The zero-order valence-electron chi connectivity index (χ0n) is 44.4. The predicted octanol–water partition coefficient (Wildman–Crippen LogP) is 7.14. The van der Waals surface area contributed by atoms with Crippen molar-refractivity contribution in [2.75, 3.05) is 46.4 Å². The first-order valence-corrected chi connectivity index (χ1v) is 27.1. The molecule has 1 amide bonds. The lowest BCUT2D eigenvalue weighted by Crippen LogP contribution is -2.61. The molecule has 0 radical (unpaired) electrons. The van der Waals surface area contributed by atoms with E-state index in [9.17, 15) is 39.0 Å². The number of fused-ring (bicyclic) bond motifs is 3. The molecule has 406 valence electrons. The number of piperidine rings is 1. The van der Waals surface area contributed by atoms with Crippen LogP contribution in [0.3, 0.4) is 0 Å². The van der Waals surface area contributed by atoms with Crippen molar-refractivity contribution in [3.05, 3.63) is 47.6 Å². The lowest BCUT2D eigenvalue weighted by atomic mass is 9.78. The number of Topliss-reactive ketones (excluding diaryl/α,β-unsaturated/α-hetero) is 3. The maximum absolute atomic E-state index is 14.5. The van der Waals surface area contributed by atoms with E-state index in [4.69, 9.17) is 33.2 Å². The lowest BCUT2D eigenvalue weighted by Gasteiger charge is -2.42. The molecule has 15 atom stereocenters. The summed E-state index contributed by atoms with van der Waals surface area (Å²) in [7, 11) is 4.57. The molecule has 16 nitrogen and oxygen atoms in total. The van der Waals surface area contributed by atoms with Crippen molar-refractivity contribution in [2.45, 2.75) is 180 Å². The summed E-state index contributed by atoms with van der Waals surface area (Å²) in [5.41, 5.74) is 1.25. The molecule has 0 aromatic heterocycles. The van der Waals surface area contributed by atoms with Crippen LogP contribution >= 0.6 is 15.9 Å². The van der Waals surface area contributed by atoms with E-state index in [0.29, 0.717) is 63.4 Å². The molecule has 3 fully saturated rings. The number of alkyl halides is 1. The molecule has 0 aromatic rings. The van der Waals surface area contributed by atoms with Gasteiger partial charge in [0.25, 0.3) is 11.7 Å². The zero-order chi connectivity index (χ0) is 53.3. The van der Waals surface area contributed by atoms with Gasteiger partial charge in [-0.15, -0.1) is 0 Å². The van der Waals surface area contributed by atoms with Crippen LogP contribution in [0, 0.1) is 35.5 Å². The molecule has 3 heterocycles. The van der Waals surface area contributed by atoms with Gasteiger partial charge in [-0.3, -0.25) is 24.0 Å². The van der Waals surface area contributed by atoms with Gasteiger partial charge in [-0.05, 0) is 107 Å². The van der Waals surface area contributed by atoms with Crippen LogP contribution in [0.1, 0.15) is 126 Å². The Balaban J connectivity index is 1.67. The van der Waals surface area contributed by atoms with Crippen LogP contribution in [0.25, 0.3) is 0 Å². The summed E-state index contributed by atoms with van der Waals surface area (Å²) in [5, 5.41) is 23.6. The number of hydrogen-bond acceptors (Lipinski definition) is 15. The highest BCUT2D eigenvalue weighted by molar-refractivity contribution is 9.09. The third-order valence-corrected chi connectivity index (χ3v) is 15.7. The maximum atomic E-state index is 14.5. The third kappa shape index (κ3) is 17.1. The Morgan fingerprint density at radius 3 is 2.29 bits per heavy atom. The molecule has 72 heavy (non-hydrogen) atoms. The second kappa shape index (κ2) is 29.6. The number of ether oxygens (including phenoxy) is 7. The van der Waals surface area contributed by atoms with E-state index < -0.39 is 77.8 Å². The molecule has 1 aliphatic carbocycles. The molecule has 2 bridgehead atoms. The van der Waals surface area contributed by atoms with Crippen molar-refractivity contribution in [3.63, 3.8) is 0 Å². The molecule has 4 rings (SSSR count). The van der Waals surface area contributed by atoms with E-state index in [-0.39, 0.29) is 85.4 Å². The Hall–Kier alpha value is -3.42. The van der Waals surface area contributed by atoms with Gasteiger partial charge in [-0.25, -0.2) is 4.79 Å². The number of cyclic esters (lactones) is 1. The van der Waals surface area contributed by atoms with Gasteiger partial charge in [0.05, 0.1) is 31.0 Å². The number of nitrogens with zero attached hydrogens (tertiary/aromatic N) is 1. The molecule has 3 aliphatic heterocycles. The largest absolute Gasteiger partial charge is 0.463 e. The van der Waals surface area contributed by atoms with E-state index in [1.807, 2.05) is 58.1 Å². The fourth-order valence-corrected chi connectivity index (χ4v) is 10.8. The second-order valence-electron chi connectivity index (χ2n) is 20.8. The summed E-state index contributed by atoms with van der Waals surface area (Å²) in [6.45, 7) is 13.1. The molecule has 2 saturated heterocycles. The number of aliphatic hydroxyl groups excluding tert-OH is 1. The molecule has 0 unspecified atom stereocenters. The van der Waals surface area contributed by atoms with E-state index in [2.05, 4.69) is 15.9 Å². The first kappa shape index (κ1) is 61.1. The van der Waals surface area contributed by atoms with E-state index >= 15 is 0 Å². The fraction of sp³-hybridized carbons (Fsp3) is 0.745. The quantitative estimate of drug-likeness (QED) is 0.0692. The Bertz CT molecular complexity index is 1950. The zero-order valence-corrected chi connectivity index (χ0v) is 46.0. The van der Waals surface area contributed by atoms with Gasteiger partial charge in [-0.1, -0.05) is 87.0 Å². The molecular weight excluding hydrogens is 995 g/mol. The van der Waals surface area contributed by atoms with Gasteiger partial charge < -0.3 is 48.3 Å². The van der Waals surface area contributed by atoms with Crippen LogP contribution in [0.5, 0.6) is 0 Å². The molecule has 1 saturated carbocycles. The highest BCUT2D eigenvalue weighted by Crippen LogP contribution is 2.38. The lowest BCUT2D eigenvalue weighted by molar-refractivity contribution is -0.265. The van der Waals surface area contributed by atoms with Gasteiger partial charge in [0.2, 0.25) is 5.79 Å². The first-order valence-electron chi connectivity index (χ1n) is 26.0. The molecule has 0 spiro atoms. The number of methoxy groups -OCH3 is 3. The van der Waals surface area contributed by atoms with Crippen LogP contribution in [0.4, 0.5) is 0 Å². The Kier molecular flexibility index (Phi) is 25.1. The number of esters is 2. The van der Waals surface area contributed by atoms with E-state index in [0.717, 1.165) is 12.0 Å². The summed E-state index contributed by atoms with van der Waals surface area (Å²) in [6.07, 6.45) is 11.6. The smallest absolute Gasteiger partial charge is 0.329 e. The van der Waals surface area contributed by atoms with Crippen LogP contribution < -0.4 is 0 Å². The van der Waals surface area contributed by atoms with E-state index in [1.165, 1.54) is 12.0 Å². The number of rotatable bonds is 11. The number of carbonyl (C=O) groups excluding carboxylic acids is 6. The number of halogens is 1. The van der Waals surface area contributed by atoms with Crippen molar-refractivity contribution in [2.24, 2.45) is 35.5 Å². The van der Waals surface area contributed by atoms with Gasteiger partial charge in [0.1, 0.15) is 42.1 Å². The molecule has 4 aliphatic rings. The molecule has 2 N–H and O–H groups in total. The summed E-state index contributed by atoms with van der Waals surface area (Å²) in [4.78, 5) is 84.0. The number of hydrogen-bond donors (Lipinski definition) is 2. The summed E-state index contributed by atoms with van der Waals surface area (Å²) in [6, 6.07) is -1.16. The van der Waals surface area contributed by atoms with Crippen molar-refractivity contribution < 1.29 is 72.1 Å². The summed E-state index contributed by atoms with van der Waals surface area (Å²) in [5.74, 6) is -8.51. The fourth-order valence-electron chi connectivity index (χ4n) is 10.7. The summed E-state index contributed by atoms with van der Waals surface area (Å²) < 4.78 is 41.0. The highest BCUT2D eigenvalue weighted by atomic mass is 79.9. The van der Waals surface area contributed by atoms with Crippen LogP contribution in [0.2, 0.25) is 0 Å². The molecule has 17 heteroatoms. The van der Waals surface area contributed by atoms with Gasteiger partial charge >= 0.3 is 11.9 Å². The Morgan fingerprint density at radius 1 is 0.875 bits per heavy atom. The number of amides is 1. The number of aliphatic hydroxyl groups is 2. The van der Waals surface area contributed by atoms with Crippen molar-refractivity contribution in [3.8, 4) is 0 Å². The van der Waals surface area contributed by atoms with Crippen molar-refractivity contribution in [1.82, 2.24) is 4.90 Å². The standard InChI is InChI=1S/C55H84BrNO15/c1-33-16-12-11-13-17-34(2)45(66-8)30-41-21-19-39(7)55(65,72-41)52(62)53(63)57-23-15-14-18-42(57)54(64)71-46(31-43(58)35(3)27-38(6)50(61)51(68-10)49(60)37(5)26-33)36(4)28-40-20-22-44(47(29-40)67-9)69-24-25-70-48(59)32-56/h11-13,16-17,27,33,35-37,39-42,44-47,50-51,61,65H,14-15,18-26,28-32H2,1-10H3/b13-11+,16-12+,34-17+,38-27+/t33-,35-,36+,37-,39-,40+,41+,42+,44-,45+,46+,47-,50-,51+,55-/m1/s1. The SMILES string of the molecule is CO[C@H]1C[C@@H]2CC[C@@H](C)[C@@](O)(O2)C(=O)C(=O)N2CCCC[C@H]2C(=O)O[C@H]([C@@H](C)C[C@@H]2CC[C@@H](OCCOC(=O)CBr)[C@H](OC)C2)CC(=O)[C@H](C)/C=C(\C)[C@@H](O)[C@@H](OC)C(=O)[C@H](C)C[C@H](C)/C=C/C=C/C=C/1C. The number of allylic oxidation sites excluding steroid dienone is 6. The topological polar surface area (TPSA) is 211 Å². The minimum absolute atomic E-state index is 0.00794.